The lowest BCUT2D eigenvalue weighted by Crippen LogP contribution is -1.93. The molecule has 0 unspecified atom stereocenters. The Balaban J connectivity index is 3.10. The minimum Gasteiger partial charge on any atom is -0.481 e. The molecule has 0 aliphatic heterocycles. The Morgan fingerprint density at radius 2 is 0.864 bits per heavy atom. The predicted molar refractivity (Wildman–Crippen MR) is 89.0 cm³/mol. The van der Waals surface area contributed by atoms with Crippen LogP contribution < -0.4 is 0 Å². The van der Waals surface area contributed by atoms with E-state index in [1.165, 1.54) is 32.1 Å². The van der Waals surface area contributed by atoms with Crippen molar-refractivity contribution in [3.63, 3.8) is 0 Å². The SMILES string of the molecule is O=C(O)CCCCC=CCCCCCCCCCCC(=O)O. The molecule has 0 heterocycles. The van der Waals surface area contributed by atoms with E-state index < -0.39 is 11.9 Å². The van der Waals surface area contributed by atoms with Crippen LogP contribution in [0.4, 0.5) is 0 Å². The van der Waals surface area contributed by atoms with Gasteiger partial charge in [-0.05, 0) is 38.5 Å². The minimum absolute atomic E-state index is 0.282. The fourth-order valence-corrected chi connectivity index (χ4v) is 2.37. The molecule has 4 heteroatoms. The molecule has 0 aromatic carbocycles. The summed E-state index contributed by atoms with van der Waals surface area (Å²) >= 11 is 0. The number of hydrogen-bond acceptors (Lipinski definition) is 2. The number of hydrogen-bond donors (Lipinski definition) is 2. The van der Waals surface area contributed by atoms with Gasteiger partial charge in [-0.15, -0.1) is 0 Å². The second-order valence-corrected chi connectivity index (χ2v) is 5.87. The quantitative estimate of drug-likeness (QED) is 0.304. The molecule has 0 saturated carbocycles. The molecule has 0 amide bonds. The van der Waals surface area contributed by atoms with E-state index in [1.807, 2.05) is 0 Å². The van der Waals surface area contributed by atoms with Gasteiger partial charge in [0.1, 0.15) is 0 Å². The first-order chi connectivity index (χ1) is 10.6. The summed E-state index contributed by atoms with van der Waals surface area (Å²) in [7, 11) is 0. The van der Waals surface area contributed by atoms with Gasteiger partial charge in [0.05, 0.1) is 0 Å². The van der Waals surface area contributed by atoms with Gasteiger partial charge in [-0.2, -0.15) is 0 Å². The number of carbonyl (C=O) groups is 2. The van der Waals surface area contributed by atoms with E-state index in [-0.39, 0.29) is 6.42 Å². The molecule has 0 rings (SSSR count). The molecule has 0 aromatic rings. The molecular weight excluding hydrogens is 280 g/mol. The van der Waals surface area contributed by atoms with E-state index in [9.17, 15) is 9.59 Å². The van der Waals surface area contributed by atoms with Gasteiger partial charge in [0, 0.05) is 12.8 Å². The van der Waals surface area contributed by atoms with Gasteiger partial charge in [-0.3, -0.25) is 9.59 Å². The third-order valence-electron chi connectivity index (χ3n) is 3.69. The summed E-state index contributed by atoms with van der Waals surface area (Å²) in [5, 5.41) is 17.0. The van der Waals surface area contributed by atoms with Gasteiger partial charge < -0.3 is 10.2 Å². The normalized spacial score (nSPS) is 11.1. The van der Waals surface area contributed by atoms with Crippen LogP contribution in [0, 0.1) is 0 Å². The fourth-order valence-electron chi connectivity index (χ4n) is 2.37. The number of rotatable bonds is 16. The molecule has 0 aliphatic rings. The molecule has 4 nitrogen and oxygen atoms in total. The van der Waals surface area contributed by atoms with Crippen molar-refractivity contribution >= 4 is 11.9 Å². The fraction of sp³-hybridized carbons (Fsp3) is 0.778. The van der Waals surface area contributed by atoms with Crippen LogP contribution in [0.5, 0.6) is 0 Å². The maximum atomic E-state index is 10.3. The molecule has 128 valence electrons. The highest BCUT2D eigenvalue weighted by Gasteiger charge is 1.96. The van der Waals surface area contributed by atoms with Crippen LogP contribution in [-0.4, -0.2) is 22.2 Å². The predicted octanol–water partition coefficient (Wildman–Crippen LogP) is 5.17. The van der Waals surface area contributed by atoms with Crippen LogP contribution in [0.15, 0.2) is 12.2 Å². The molecular formula is C18H32O4. The Morgan fingerprint density at radius 3 is 1.32 bits per heavy atom. The summed E-state index contributed by atoms with van der Waals surface area (Å²) in [5.41, 5.74) is 0. The first-order valence-corrected chi connectivity index (χ1v) is 8.71. The topological polar surface area (TPSA) is 74.6 Å². The smallest absolute Gasteiger partial charge is 0.303 e. The highest BCUT2D eigenvalue weighted by molar-refractivity contribution is 5.66. The molecule has 0 atom stereocenters. The Hall–Kier alpha value is -1.32. The van der Waals surface area contributed by atoms with Gasteiger partial charge in [-0.25, -0.2) is 0 Å². The molecule has 0 saturated heterocycles. The summed E-state index contributed by atoms with van der Waals surface area (Å²) in [6.45, 7) is 0. The average Bonchev–Trinajstić information content (AvgIpc) is 2.46. The van der Waals surface area contributed by atoms with Crippen LogP contribution in [0.25, 0.3) is 0 Å². The van der Waals surface area contributed by atoms with Crippen LogP contribution in [0.3, 0.4) is 0 Å². The lowest BCUT2D eigenvalue weighted by molar-refractivity contribution is -0.138. The number of unbranched alkanes of at least 4 members (excludes halogenated alkanes) is 10. The van der Waals surface area contributed by atoms with Crippen molar-refractivity contribution in [2.45, 2.75) is 89.9 Å². The van der Waals surface area contributed by atoms with Crippen LogP contribution in [0.1, 0.15) is 89.9 Å². The third-order valence-corrected chi connectivity index (χ3v) is 3.69. The van der Waals surface area contributed by atoms with E-state index in [4.69, 9.17) is 10.2 Å². The summed E-state index contributed by atoms with van der Waals surface area (Å²) in [4.78, 5) is 20.6. The minimum atomic E-state index is -0.703. The van der Waals surface area contributed by atoms with Gasteiger partial charge in [0.15, 0.2) is 0 Å². The van der Waals surface area contributed by atoms with Crippen LogP contribution in [0.2, 0.25) is 0 Å². The van der Waals surface area contributed by atoms with Crippen molar-refractivity contribution in [3.8, 4) is 0 Å². The molecule has 2 N–H and O–H groups in total. The van der Waals surface area contributed by atoms with Crippen molar-refractivity contribution in [2.24, 2.45) is 0 Å². The van der Waals surface area contributed by atoms with Crippen molar-refractivity contribution in [3.05, 3.63) is 12.2 Å². The molecule has 22 heavy (non-hydrogen) atoms. The number of carboxylic acids is 2. The first kappa shape index (κ1) is 20.7. The van der Waals surface area contributed by atoms with Gasteiger partial charge >= 0.3 is 11.9 Å². The Morgan fingerprint density at radius 1 is 0.545 bits per heavy atom. The molecule has 0 radical (unpaired) electrons. The highest BCUT2D eigenvalue weighted by atomic mass is 16.4. The largest absolute Gasteiger partial charge is 0.481 e. The number of aliphatic carboxylic acids is 2. The van der Waals surface area contributed by atoms with Crippen LogP contribution in [-0.2, 0) is 9.59 Å². The number of carboxylic acid groups (broad SMARTS) is 2. The molecule has 0 aromatic heterocycles. The van der Waals surface area contributed by atoms with Gasteiger partial charge in [0.2, 0.25) is 0 Å². The Labute approximate surface area is 134 Å². The maximum Gasteiger partial charge on any atom is 0.303 e. The number of allylic oxidation sites excluding steroid dienone is 2. The summed E-state index contributed by atoms with van der Waals surface area (Å²) in [6, 6.07) is 0. The van der Waals surface area contributed by atoms with E-state index >= 15 is 0 Å². The van der Waals surface area contributed by atoms with Crippen molar-refractivity contribution < 1.29 is 19.8 Å². The van der Waals surface area contributed by atoms with Gasteiger partial charge in [0.25, 0.3) is 0 Å². The zero-order valence-electron chi connectivity index (χ0n) is 13.8. The van der Waals surface area contributed by atoms with E-state index in [0.29, 0.717) is 6.42 Å². The zero-order chi connectivity index (χ0) is 16.5. The summed E-state index contributed by atoms with van der Waals surface area (Å²) in [5.74, 6) is -1.39. The molecule has 0 spiro atoms. The van der Waals surface area contributed by atoms with Crippen molar-refractivity contribution in [1.29, 1.82) is 0 Å². The molecule has 0 bridgehead atoms. The van der Waals surface area contributed by atoms with E-state index in [0.717, 1.165) is 44.9 Å². The van der Waals surface area contributed by atoms with E-state index in [2.05, 4.69) is 12.2 Å². The zero-order valence-corrected chi connectivity index (χ0v) is 13.8. The monoisotopic (exact) mass is 312 g/mol. The Bertz CT molecular complexity index is 310. The van der Waals surface area contributed by atoms with Crippen LogP contribution >= 0.6 is 0 Å². The Kier molecular flexibility index (Phi) is 15.1. The van der Waals surface area contributed by atoms with E-state index in [1.54, 1.807) is 0 Å². The molecule has 0 aliphatic carbocycles. The summed E-state index contributed by atoms with van der Waals surface area (Å²) < 4.78 is 0. The highest BCUT2D eigenvalue weighted by Crippen LogP contribution is 2.11. The second kappa shape index (κ2) is 16.1. The summed E-state index contributed by atoms with van der Waals surface area (Å²) in [6.07, 6.45) is 18.1. The van der Waals surface area contributed by atoms with Crippen molar-refractivity contribution in [1.82, 2.24) is 0 Å². The van der Waals surface area contributed by atoms with Crippen molar-refractivity contribution in [2.75, 3.05) is 0 Å². The van der Waals surface area contributed by atoms with Gasteiger partial charge in [-0.1, -0.05) is 50.7 Å². The third kappa shape index (κ3) is 18.7. The molecule has 0 fully saturated rings. The lowest BCUT2D eigenvalue weighted by atomic mass is 10.1. The first-order valence-electron chi connectivity index (χ1n) is 8.71. The average molecular weight is 312 g/mol. The standard InChI is InChI=1S/C18H32O4/c19-17(20)15-13-11-9-7-5-3-1-2-4-6-8-10-12-14-16-18(21)22/h5,7H,1-4,6,8-16H2,(H,19,20)(H,21,22). The second-order valence-electron chi connectivity index (χ2n) is 5.87. The lowest BCUT2D eigenvalue weighted by Gasteiger charge is -2.00. The maximum absolute atomic E-state index is 10.3.